The van der Waals surface area contributed by atoms with E-state index in [4.69, 9.17) is 8.85 Å². The molecule has 0 aliphatic rings. The molecule has 0 amide bonds. The lowest BCUT2D eigenvalue weighted by atomic mass is 9.96. The van der Waals surface area contributed by atoms with Crippen LogP contribution in [-0.4, -0.2) is 43.8 Å². The first kappa shape index (κ1) is 26.1. The van der Waals surface area contributed by atoms with Gasteiger partial charge in [-0.3, -0.25) is 0 Å². The molecule has 8 heteroatoms. The third-order valence-corrected chi connectivity index (χ3v) is 12.4. The van der Waals surface area contributed by atoms with Gasteiger partial charge in [-0.25, -0.2) is 0 Å². The first-order valence-corrected chi connectivity index (χ1v) is 19.0. The van der Waals surface area contributed by atoms with Crippen LogP contribution in [0.3, 0.4) is 0 Å². The Hall–Kier alpha value is -2.95. The van der Waals surface area contributed by atoms with Crippen molar-refractivity contribution in [2.24, 2.45) is 5.92 Å². The number of methoxy groups -OCH3 is 1. The Labute approximate surface area is 216 Å². The zero-order chi connectivity index (χ0) is 26.1. The minimum Gasteiger partial charge on any atom is -0.505 e. The van der Waals surface area contributed by atoms with Gasteiger partial charge in [0, 0.05) is 6.07 Å². The molecule has 0 aliphatic heterocycles. The van der Waals surface area contributed by atoms with Crippen LogP contribution in [0.25, 0.3) is 27.8 Å². The molecule has 0 radical (unpaired) electrons. The molecule has 1 unspecified atom stereocenters. The number of nitrogens with zero attached hydrogens (tertiary/aromatic N) is 3. The maximum atomic E-state index is 11.4. The predicted molar refractivity (Wildman–Crippen MR) is 152 cm³/mol. The summed E-state index contributed by atoms with van der Waals surface area (Å²) < 4.78 is 11.9. The van der Waals surface area contributed by atoms with Crippen molar-refractivity contribution in [3.8, 4) is 28.3 Å². The van der Waals surface area contributed by atoms with E-state index in [1.54, 1.807) is 7.11 Å². The van der Waals surface area contributed by atoms with E-state index in [-0.39, 0.29) is 5.75 Å². The molecule has 36 heavy (non-hydrogen) atoms. The fraction of sp³-hybridized carbons (Fsp3) is 0.357. The van der Waals surface area contributed by atoms with Gasteiger partial charge in [-0.15, -0.1) is 15.0 Å². The van der Waals surface area contributed by atoms with Crippen LogP contribution in [0.2, 0.25) is 38.8 Å². The highest BCUT2D eigenvalue weighted by Crippen LogP contribution is 2.35. The van der Waals surface area contributed by atoms with Crippen molar-refractivity contribution in [1.29, 1.82) is 0 Å². The van der Waals surface area contributed by atoms with Gasteiger partial charge in [0.2, 0.25) is 0 Å². The van der Waals surface area contributed by atoms with E-state index in [1.165, 1.54) is 4.80 Å². The quantitative estimate of drug-likeness (QED) is 0.240. The van der Waals surface area contributed by atoms with Crippen molar-refractivity contribution >= 4 is 27.7 Å². The molecule has 4 aromatic rings. The van der Waals surface area contributed by atoms with Crippen molar-refractivity contribution in [1.82, 2.24) is 15.0 Å². The van der Waals surface area contributed by atoms with Crippen LogP contribution in [-0.2, 0) is 10.5 Å². The molecule has 1 aromatic heterocycles. The van der Waals surface area contributed by atoms with Gasteiger partial charge >= 0.3 is 0 Å². The molecule has 0 bridgehead atoms. The summed E-state index contributed by atoms with van der Waals surface area (Å²) in [5.41, 5.74) is 5.04. The van der Waals surface area contributed by atoms with Crippen molar-refractivity contribution in [3.05, 3.63) is 66.2 Å². The van der Waals surface area contributed by atoms with Crippen molar-refractivity contribution in [3.63, 3.8) is 0 Å². The number of aromatic hydroxyl groups is 1. The number of hydrogen-bond donors (Lipinski definition) is 1. The standard InChI is InChI=1S/C28H37N3O3Si2/c1-20(19-36(6,7)34-35(3,4)5)15-23-16-22(21-11-9-8-10-12-21)17-27(28(23)32)31-29-25-14-13-24(33-2)18-26(25)30-31/h8-14,16-18,20,32H,15,19H2,1-7H3. The molecule has 0 saturated carbocycles. The second kappa shape index (κ2) is 10.2. The molecule has 0 saturated heterocycles. The molecular formula is C28H37N3O3Si2. The molecule has 0 fully saturated rings. The van der Waals surface area contributed by atoms with E-state index in [2.05, 4.69) is 68.1 Å². The largest absolute Gasteiger partial charge is 0.505 e. The molecule has 6 nitrogen and oxygen atoms in total. The smallest absolute Gasteiger partial charge is 0.173 e. The summed E-state index contributed by atoms with van der Waals surface area (Å²) in [6.07, 6.45) is 0.750. The number of phenols is 1. The van der Waals surface area contributed by atoms with Crippen LogP contribution in [0.4, 0.5) is 0 Å². The lowest BCUT2D eigenvalue weighted by molar-refractivity contribution is 0.415. The third-order valence-electron chi connectivity index (χ3n) is 6.07. The van der Waals surface area contributed by atoms with Gasteiger partial charge in [0.15, 0.2) is 16.6 Å². The third kappa shape index (κ3) is 6.24. The SMILES string of the molecule is COc1ccc2nn(-c3cc(-c4ccccc4)cc(CC(C)C[Si](C)(C)O[Si](C)(C)C)c3O)nc2c1. The van der Waals surface area contributed by atoms with Gasteiger partial charge in [-0.2, -0.15) is 0 Å². The first-order valence-electron chi connectivity index (χ1n) is 12.5. The molecule has 1 heterocycles. The van der Waals surface area contributed by atoms with Crippen molar-refractivity contribution in [2.45, 2.75) is 52.1 Å². The molecule has 190 valence electrons. The molecule has 3 aromatic carbocycles. The van der Waals surface area contributed by atoms with Gasteiger partial charge in [0.25, 0.3) is 0 Å². The summed E-state index contributed by atoms with van der Waals surface area (Å²) in [6, 6.07) is 20.9. The van der Waals surface area contributed by atoms with Gasteiger partial charge in [-0.1, -0.05) is 37.3 Å². The Morgan fingerprint density at radius 1 is 0.889 bits per heavy atom. The van der Waals surface area contributed by atoms with E-state index in [0.717, 1.165) is 40.4 Å². The molecular weight excluding hydrogens is 482 g/mol. The van der Waals surface area contributed by atoms with E-state index >= 15 is 0 Å². The van der Waals surface area contributed by atoms with Gasteiger partial charge in [0.05, 0.1) is 7.11 Å². The Morgan fingerprint density at radius 2 is 1.58 bits per heavy atom. The van der Waals surface area contributed by atoms with Crippen LogP contribution in [0.15, 0.2) is 60.7 Å². The molecule has 4 rings (SSSR count). The highest BCUT2D eigenvalue weighted by molar-refractivity contribution is 6.84. The Morgan fingerprint density at radius 3 is 2.25 bits per heavy atom. The van der Waals surface area contributed by atoms with Crippen LogP contribution in [0.5, 0.6) is 11.5 Å². The number of hydrogen-bond acceptors (Lipinski definition) is 5. The van der Waals surface area contributed by atoms with Crippen LogP contribution in [0, 0.1) is 5.92 Å². The zero-order valence-corrected chi connectivity index (χ0v) is 24.4. The number of ether oxygens (including phenoxy) is 1. The zero-order valence-electron chi connectivity index (χ0n) is 22.4. The average Bonchev–Trinajstić information content (AvgIpc) is 3.21. The number of phenolic OH excluding ortho intramolecular Hbond substituents is 1. The second-order valence-electron chi connectivity index (χ2n) is 11.2. The summed E-state index contributed by atoms with van der Waals surface area (Å²) in [4.78, 5) is 1.53. The number of benzene rings is 3. The van der Waals surface area contributed by atoms with E-state index in [0.29, 0.717) is 17.1 Å². The molecule has 1 N–H and O–H groups in total. The van der Waals surface area contributed by atoms with E-state index < -0.39 is 16.6 Å². The highest BCUT2D eigenvalue weighted by Gasteiger charge is 2.31. The minimum atomic E-state index is -1.82. The van der Waals surface area contributed by atoms with Gasteiger partial charge < -0.3 is 14.0 Å². The average molecular weight is 520 g/mol. The lowest BCUT2D eigenvalue weighted by Crippen LogP contribution is -2.43. The van der Waals surface area contributed by atoms with Gasteiger partial charge in [-0.05, 0) is 92.1 Å². The van der Waals surface area contributed by atoms with Crippen LogP contribution >= 0.6 is 0 Å². The fourth-order valence-corrected chi connectivity index (χ4v) is 13.9. The topological polar surface area (TPSA) is 69.4 Å². The lowest BCUT2D eigenvalue weighted by Gasteiger charge is -2.33. The summed E-state index contributed by atoms with van der Waals surface area (Å²) in [7, 11) is -1.80. The normalized spacial score (nSPS) is 13.2. The second-order valence-corrected chi connectivity index (χ2v) is 20.2. The summed E-state index contributed by atoms with van der Waals surface area (Å²) in [6.45, 7) is 13.6. The minimum absolute atomic E-state index is 0.222. The summed E-state index contributed by atoms with van der Waals surface area (Å²) in [5.74, 6) is 1.31. The number of rotatable bonds is 9. The molecule has 0 spiro atoms. The Balaban J connectivity index is 1.74. The number of aromatic nitrogens is 3. The maximum Gasteiger partial charge on any atom is 0.173 e. The summed E-state index contributed by atoms with van der Waals surface area (Å²) in [5, 5.41) is 20.8. The highest BCUT2D eigenvalue weighted by atomic mass is 28.4. The van der Waals surface area contributed by atoms with E-state index in [1.807, 2.05) is 42.5 Å². The van der Waals surface area contributed by atoms with Crippen molar-refractivity contribution in [2.75, 3.05) is 7.11 Å². The fourth-order valence-electron chi connectivity index (χ4n) is 5.07. The van der Waals surface area contributed by atoms with E-state index in [9.17, 15) is 5.11 Å². The van der Waals surface area contributed by atoms with Crippen LogP contribution in [0.1, 0.15) is 12.5 Å². The monoisotopic (exact) mass is 519 g/mol. The van der Waals surface area contributed by atoms with Gasteiger partial charge in [0.1, 0.15) is 28.2 Å². The number of fused-ring (bicyclic) bond motifs is 1. The Kier molecular flexibility index (Phi) is 7.40. The predicted octanol–water partition coefficient (Wildman–Crippen LogP) is 7.04. The maximum absolute atomic E-state index is 11.4. The van der Waals surface area contributed by atoms with Crippen LogP contribution < -0.4 is 4.74 Å². The molecule has 1 atom stereocenters. The first-order chi connectivity index (χ1) is 16.9. The molecule has 0 aliphatic carbocycles. The Bertz CT molecular complexity index is 1350. The summed E-state index contributed by atoms with van der Waals surface area (Å²) >= 11 is 0. The van der Waals surface area contributed by atoms with Crippen molar-refractivity contribution < 1.29 is 14.0 Å².